The van der Waals surface area contributed by atoms with Crippen molar-refractivity contribution in [3.63, 3.8) is 0 Å². The van der Waals surface area contributed by atoms with Gasteiger partial charge in [0.05, 0.1) is 6.67 Å². The maximum Gasteiger partial charge on any atom is 0.105 e. The second-order valence-electron chi connectivity index (χ2n) is 7.79. The number of allylic oxidation sites excluding steroid dienone is 2. The van der Waals surface area contributed by atoms with Gasteiger partial charge >= 0.3 is 0 Å². The van der Waals surface area contributed by atoms with Crippen molar-refractivity contribution in [2.24, 2.45) is 4.99 Å². The quantitative estimate of drug-likeness (QED) is 0.403. The van der Waals surface area contributed by atoms with E-state index in [9.17, 15) is 0 Å². The molecule has 2 saturated heterocycles. The molecular weight excluding hydrogens is 356 g/mol. The number of aryl methyl sites for hydroxylation is 1. The number of amidine groups is 1. The van der Waals surface area contributed by atoms with Crippen LogP contribution in [0.2, 0.25) is 0 Å². The number of aliphatic imine (C=N–C) groups is 1. The molecule has 0 spiro atoms. The van der Waals surface area contributed by atoms with Crippen LogP contribution in [-0.4, -0.2) is 41.9 Å². The minimum atomic E-state index is 0.804. The Morgan fingerprint density at radius 3 is 2.66 bits per heavy atom. The van der Waals surface area contributed by atoms with Gasteiger partial charge in [0.1, 0.15) is 5.84 Å². The van der Waals surface area contributed by atoms with Crippen LogP contribution in [0.15, 0.2) is 53.8 Å². The Morgan fingerprint density at radius 2 is 2.03 bits per heavy atom. The highest BCUT2D eigenvalue weighted by atomic mass is 15.4. The molecule has 0 atom stereocenters. The summed E-state index contributed by atoms with van der Waals surface area (Å²) in [7, 11) is 0. The third kappa shape index (κ3) is 4.56. The Hall–Kier alpha value is -2.93. The van der Waals surface area contributed by atoms with Crippen LogP contribution in [0.1, 0.15) is 44.2 Å². The minimum Gasteiger partial charge on any atom is -0.352 e. The van der Waals surface area contributed by atoms with E-state index >= 15 is 0 Å². The fourth-order valence-electron chi connectivity index (χ4n) is 3.98. The van der Waals surface area contributed by atoms with Crippen molar-refractivity contribution < 1.29 is 0 Å². The summed E-state index contributed by atoms with van der Waals surface area (Å²) < 4.78 is 0. The van der Waals surface area contributed by atoms with Crippen LogP contribution in [-0.2, 0) is 0 Å². The first-order chi connectivity index (χ1) is 13.9. The fourth-order valence-corrected chi connectivity index (χ4v) is 3.98. The summed E-state index contributed by atoms with van der Waals surface area (Å²) in [6.45, 7) is 18.6. The highest BCUT2D eigenvalue weighted by Gasteiger charge is 2.24. The van der Waals surface area contributed by atoms with E-state index < -0.39 is 0 Å². The van der Waals surface area contributed by atoms with Gasteiger partial charge in [-0.3, -0.25) is 0 Å². The van der Waals surface area contributed by atoms with Crippen LogP contribution in [0.5, 0.6) is 0 Å². The van der Waals surface area contributed by atoms with E-state index in [1.807, 2.05) is 6.92 Å². The molecule has 152 valence electrons. The Balaban J connectivity index is 1.71. The molecule has 3 rings (SSSR count). The van der Waals surface area contributed by atoms with Gasteiger partial charge in [-0.1, -0.05) is 32.1 Å². The van der Waals surface area contributed by atoms with Gasteiger partial charge in [-0.05, 0) is 44.4 Å². The highest BCUT2D eigenvalue weighted by Crippen LogP contribution is 2.31. The molecule has 0 radical (unpaired) electrons. The zero-order valence-electron chi connectivity index (χ0n) is 18.0. The predicted molar refractivity (Wildman–Crippen MR) is 125 cm³/mol. The summed E-state index contributed by atoms with van der Waals surface area (Å²) in [4.78, 5) is 11.6. The highest BCUT2D eigenvalue weighted by molar-refractivity contribution is 5.83. The Bertz CT molecular complexity index is 900. The number of nitrogens with zero attached hydrogens (tertiary/aromatic N) is 4. The predicted octanol–water partition coefficient (Wildman–Crippen LogP) is 5.00. The molecule has 0 aromatic heterocycles. The van der Waals surface area contributed by atoms with E-state index in [4.69, 9.17) is 6.42 Å². The summed E-state index contributed by atoms with van der Waals surface area (Å²) >= 11 is 0. The van der Waals surface area contributed by atoms with Gasteiger partial charge in [0.25, 0.3) is 0 Å². The molecule has 29 heavy (non-hydrogen) atoms. The first-order valence-electron chi connectivity index (χ1n) is 10.4. The van der Waals surface area contributed by atoms with Gasteiger partial charge < -0.3 is 14.7 Å². The van der Waals surface area contributed by atoms with Crippen LogP contribution in [0.3, 0.4) is 0 Å². The average Bonchev–Trinajstić information content (AvgIpc) is 3.37. The number of rotatable bonds is 5. The molecule has 0 amide bonds. The Labute approximate surface area is 175 Å². The number of hydrogen-bond acceptors (Lipinski definition) is 3. The summed E-state index contributed by atoms with van der Waals surface area (Å²) in [6, 6.07) is 6.66. The molecule has 0 saturated carbocycles. The van der Waals surface area contributed by atoms with E-state index in [-0.39, 0.29) is 0 Å². The zero-order valence-corrected chi connectivity index (χ0v) is 18.0. The van der Waals surface area contributed by atoms with Crippen LogP contribution < -0.4 is 4.90 Å². The first kappa shape index (κ1) is 20.8. The minimum absolute atomic E-state index is 0.804. The summed E-state index contributed by atoms with van der Waals surface area (Å²) in [6.07, 6.45) is 10.4. The molecule has 2 aliphatic heterocycles. The summed E-state index contributed by atoms with van der Waals surface area (Å²) in [5.41, 5.74) is 6.82. The largest absolute Gasteiger partial charge is 0.352 e. The standard InChI is InChI=1S/C25H32N4/c1-7-19(3)17-26-25(8-2)28-15-14-27(18-28)22(6)24-12-11-23(16-20(24)4)29-13-9-10-21(29)5/h1,11-12,16-17H,5-6,8-10,13-15,18H2,2-4H3/b19-17-,26-25+. The van der Waals surface area contributed by atoms with Gasteiger partial charge in [0.2, 0.25) is 0 Å². The van der Waals surface area contributed by atoms with Crippen LogP contribution in [0, 0.1) is 19.3 Å². The van der Waals surface area contributed by atoms with E-state index in [2.05, 4.69) is 70.8 Å². The zero-order chi connectivity index (χ0) is 21.0. The van der Waals surface area contributed by atoms with E-state index in [1.54, 1.807) is 6.20 Å². The normalized spacial score (nSPS) is 17.9. The molecule has 2 heterocycles. The topological polar surface area (TPSA) is 22.1 Å². The van der Waals surface area contributed by atoms with Gasteiger partial charge in [0, 0.05) is 60.5 Å². The van der Waals surface area contributed by atoms with Crippen molar-refractivity contribution in [3.8, 4) is 12.3 Å². The van der Waals surface area contributed by atoms with E-state index in [0.717, 1.165) is 56.3 Å². The lowest BCUT2D eigenvalue weighted by molar-refractivity contribution is 0.405. The molecule has 0 unspecified atom stereocenters. The third-order valence-corrected chi connectivity index (χ3v) is 5.74. The number of anilines is 1. The van der Waals surface area contributed by atoms with Crippen molar-refractivity contribution in [1.82, 2.24) is 9.80 Å². The summed E-state index contributed by atoms with van der Waals surface area (Å²) in [5, 5.41) is 0. The summed E-state index contributed by atoms with van der Waals surface area (Å²) in [5.74, 6) is 3.68. The Morgan fingerprint density at radius 1 is 1.28 bits per heavy atom. The smallest absolute Gasteiger partial charge is 0.105 e. The second kappa shape index (κ2) is 9.05. The SMILES string of the molecule is C#C/C(C)=C\N=C(/CC)N1CCN(C(=C)c2ccc(N3CCCC3=C)cc2C)C1. The lowest BCUT2D eigenvalue weighted by Crippen LogP contribution is -2.30. The molecule has 0 bridgehead atoms. The molecule has 2 fully saturated rings. The number of hydrogen-bond donors (Lipinski definition) is 0. The van der Waals surface area contributed by atoms with Crippen LogP contribution in [0.25, 0.3) is 5.70 Å². The maximum atomic E-state index is 5.42. The second-order valence-corrected chi connectivity index (χ2v) is 7.79. The maximum absolute atomic E-state index is 5.42. The van der Waals surface area contributed by atoms with Crippen LogP contribution in [0.4, 0.5) is 5.69 Å². The van der Waals surface area contributed by atoms with E-state index in [0.29, 0.717) is 0 Å². The monoisotopic (exact) mass is 388 g/mol. The van der Waals surface area contributed by atoms with Crippen molar-refractivity contribution in [2.75, 3.05) is 31.2 Å². The molecule has 0 aliphatic carbocycles. The fraction of sp³-hybridized carbons (Fsp3) is 0.400. The van der Waals surface area contributed by atoms with Gasteiger partial charge in [-0.15, -0.1) is 6.42 Å². The lowest BCUT2D eigenvalue weighted by atomic mass is 10.0. The van der Waals surface area contributed by atoms with Crippen molar-refractivity contribution in [3.05, 3.63) is 60.0 Å². The average molecular weight is 389 g/mol. The van der Waals surface area contributed by atoms with Crippen LogP contribution >= 0.6 is 0 Å². The Kier molecular flexibility index (Phi) is 6.49. The van der Waals surface area contributed by atoms with Crippen molar-refractivity contribution in [2.45, 2.75) is 40.0 Å². The third-order valence-electron chi connectivity index (χ3n) is 5.74. The molecule has 1 aromatic carbocycles. The van der Waals surface area contributed by atoms with Gasteiger partial charge in [-0.25, -0.2) is 4.99 Å². The molecule has 2 aliphatic rings. The van der Waals surface area contributed by atoms with Gasteiger partial charge in [-0.2, -0.15) is 0 Å². The molecule has 4 heteroatoms. The molecule has 4 nitrogen and oxygen atoms in total. The van der Waals surface area contributed by atoms with Crippen molar-refractivity contribution in [1.29, 1.82) is 0 Å². The molecule has 1 aromatic rings. The molecule has 0 N–H and O–H groups in total. The number of terminal acetylenes is 1. The lowest BCUT2D eigenvalue weighted by Gasteiger charge is -2.25. The molecular formula is C25H32N4. The first-order valence-corrected chi connectivity index (χ1v) is 10.4. The van der Waals surface area contributed by atoms with Gasteiger partial charge in [0.15, 0.2) is 0 Å². The number of benzene rings is 1. The van der Waals surface area contributed by atoms with Crippen molar-refractivity contribution >= 4 is 17.2 Å². The van der Waals surface area contributed by atoms with E-state index in [1.165, 1.54) is 28.9 Å².